The van der Waals surface area contributed by atoms with Crippen LogP contribution in [0.2, 0.25) is 0 Å². The van der Waals surface area contributed by atoms with Gasteiger partial charge < -0.3 is 4.74 Å². The summed E-state index contributed by atoms with van der Waals surface area (Å²) in [4.78, 5) is 6.73. The van der Waals surface area contributed by atoms with Crippen LogP contribution in [0.1, 0.15) is 42.5 Å². The van der Waals surface area contributed by atoms with Crippen molar-refractivity contribution in [2.75, 3.05) is 19.8 Å². The topological polar surface area (TPSA) is 43.2 Å². The molecule has 1 atom stereocenters. The molecule has 2 aromatic rings. The van der Waals surface area contributed by atoms with E-state index in [0.717, 1.165) is 45.3 Å². The summed E-state index contributed by atoms with van der Waals surface area (Å²) in [6.45, 7) is 7.67. The number of hydrogen-bond donors (Lipinski definition) is 0. The van der Waals surface area contributed by atoms with Crippen LogP contribution in [0.5, 0.6) is 0 Å². The minimum absolute atomic E-state index is 0.372. The normalized spacial score (nSPS) is 21.0. The van der Waals surface area contributed by atoms with E-state index in [0.29, 0.717) is 5.92 Å². The van der Waals surface area contributed by atoms with Crippen LogP contribution >= 0.6 is 0 Å². The molecule has 5 nitrogen and oxygen atoms in total. The van der Waals surface area contributed by atoms with Crippen molar-refractivity contribution in [2.45, 2.75) is 45.3 Å². The van der Waals surface area contributed by atoms with Crippen LogP contribution < -0.4 is 0 Å². The average Bonchev–Trinajstić information content (AvgIpc) is 3.32. The lowest BCUT2D eigenvalue weighted by Gasteiger charge is -2.31. The molecule has 3 heterocycles. The SMILES string of the molecule is CCn1cc2c(n1)[C@@H](COCC1CC1)CN(Cc1cccnc1)C2. The van der Waals surface area contributed by atoms with Crippen molar-refractivity contribution >= 4 is 0 Å². The molecule has 0 amide bonds. The Hall–Kier alpha value is -1.72. The molecular formula is C19H26N4O. The molecule has 5 heteroatoms. The molecule has 24 heavy (non-hydrogen) atoms. The summed E-state index contributed by atoms with van der Waals surface area (Å²) in [6.07, 6.45) is 8.68. The van der Waals surface area contributed by atoms with E-state index in [1.54, 1.807) is 0 Å². The molecule has 1 aliphatic heterocycles. The molecule has 0 spiro atoms. The molecule has 0 aromatic carbocycles. The lowest BCUT2D eigenvalue weighted by molar-refractivity contribution is 0.0881. The molecule has 1 fully saturated rings. The number of pyridine rings is 1. The summed E-state index contributed by atoms with van der Waals surface area (Å²) in [5.74, 6) is 1.18. The van der Waals surface area contributed by atoms with Gasteiger partial charge in [-0.25, -0.2) is 0 Å². The van der Waals surface area contributed by atoms with E-state index < -0.39 is 0 Å². The van der Waals surface area contributed by atoms with Crippen LogP contribution in [0.3, 0.4) is 0 Å². The van der Waals surface area contributed by atoms with E-state index in [-0.39, 0.29) is 0 Å². The summed E-state index contributed by atoms with van der Waals surface area (Å²) < 4.78 is 8.07. The smallest absolute Gasteiger partial charge is 0.0736 e. The lowest BCUT2D eigenvalue weighted by Crippen LogP contribution is -2.35. The third-order valence-electron chi connectivity index (χ3n) is 4.95. The largest absolute Gasteiger partial charge is 0.380 e. The van der Waals surface area contributed by atoms with Gasteiger partial charge in [-0.1, -0.05) is 6.07 Å². The maximum atomic E-state index is 6.01. The van der Waals surface area contributed by atoms with Crippen molar-refractivity contribution in [3.63, 3.8) is 0 Å². The number of fused-ring (bicyclic) bond motifs is 1. The molecule has 0 bridgehead atoms. The summed E-state index contributed by atoms with van der Waals surface area (Å²) in [6, 6.07) is 4.16. The highest BCUT2D eigenvalue weighted by Crippen LogP contribution is 2.31. The minimum atomic E-state index is 0.372. The number of ether oxygens (including phenoxy) is 1. The summed E-state index contributed by atoms with van der Waals surface area (Å²) in [5.41, 5.74) is 3.86. The fourth-order valence-corrected chi connectivity index (χ4v) is 3.47. The second kappa shape index (κ2) is 7.03. The molecule has 1 saturated carbocycles. The maximum Gasteiger partial charge on any atom is 0.0736 e. The first kappa shape index (κ1) is 15.8. The number of aromatic nitrogens is 3. The third-order valence-corrected chi connectivity index (χ3v) is 4.95. The van der Waals surface area contributed by atoms with Gasteiger partial charge in [0.25, 0.3) is 0 Å². The average molecular weight is 326 g/mol. The lowest BCUT2D eigenvalue weighted by atomic mass is 9.97. The van der Waals surface area contributed by atoms with Gasteiger partial charge in [0.15, 0.2) is 0 Å². The minimum Gasteiger partial charge on any atom is -0.380 e. The molecule has 0 radical (unpaired) electrons. The maximum absolute atomic E-state index is 6.01. The standard InChI is InChI=1S/C19H26N4O/c1-2-23-12-17-10-22(9-16-4-3-7-20-8-16)11-18(19(17)21-23)14-24-13-15-5-6-15/h3-4,7-8,12,15,18H,2,5-6,9-11,13-14H2,1H3/t18-/m1/s1. The van der Waals surface area contributed by atoms with E-state index in [9.17, 15) is 0 Å². The van der Waals surface area contributed by atoms with Crippen LogP contribution in [-0.2, 0) is 24.4 Å². The van der Waals surface area contributed by atoms with Gasteiger partial charge in [0.05, 0.1) is 12.3 Å². The van der Waals surface area contributed by atoms with Crippen LogP contribution in [0.25, 0.3) is 0 Å². The first-order valence-electron chi connectivity index (χ1n) is 9.07. The molecule has 2 aliphatic rings. The predicted octanol–water partition coefficient (Wildman–Crippen LogP) is 2.82. The Kier molecular flexibility index (Phi) is 4.63. The van der Waals surface area contributed by atoms with Gasteiger partial charge in [-0.3, -0.25) is 14.6 Å². The van der Waals surface area contributed by atoms with Crippen LogP contribution in [0, 0.1) is 5.92 Å². The monoisotopic (exact) mass is 326 g/mol. The highest BCUT2D eigenvalue weighted by molar-refractivity contribution is 5.25. The van der Waals surface area contributed by atoms with Gasteiger partial charge >= 0.3 is 0 Å². The van der Waals surface area contributed by atoms with Crippen molar-refractivity contribution in [3.05, 3.63) is 47.5 Å². The Morgan fingerprint density at radius 2 is 2.21 bits per heavy atom. The zero-order chi connectivity index (χ0) is 16.4. The van der Waals surface area contributed by atoms with E-state index in [2.05, 4.69) is 33.8 Å². The molecule has 0 unspecified atom stereocenters. The van der Waals surface area contributed by atoms with Gasteiger partial charge in [-0.15, -0.1) is 0 Å². The van der Waals surface area contributed by atoms with Crippen LogP contribution in [-0.4, -0.2) is 39.4 Å². The molecule has 0 saturated heterocycles. The van der Waals surface area contributed by atoms with Gasteiger partial charge in [-0.05, 0) is 37.3 Å². The number of aryl methyl sites for hydroxylation is 1. The van der Waals surface area contributed by atoms with Crippen molar-refractivity contribution in [1.82, 2.24) is 19.7 Å². The Balaban J connectivity index is 1.47. The van der Waals surface area contributed by atoms with Gasteiger partial charge in [-0.2, -0.15) is 5.10 Å². The van der Waals surface area contributed by atoms with Crippen molar-refractivity contribution in [1.29, 1.82) is 0 Å². The van der Waals surface area contributed by atoms with Crippen molar-refractivity contribution in [2.24, 2.45) is 5.92 Å². The fourth-order valence-electron chi connectivity index (χ4n) is 3.47. The zero-order valence-electron chi connectivity index (χ0n) is 14.4. The van der Waals surface area contributed by atoms with Crippen LogP contribution in [0.4, 0.5) is 0 Å². The molecule has 4 rings (SSSR count). The van der Waals surface area contributed by atoms with E-state index in [4.69, 9.17) is 9.84 Å². The Morgan fingerprint density at radius 3 is 2.96 bits per heavy atom. The quantitative estimate of drug-likeness (QED) is 0.785. The summed E-state index contributed by atoms with van der Waals surface area (Å²) in [5, 5.41) is 4.80. The van der Waals surface area contributed by atoms with E-state index in [1.807, 2.05) is 18.5 Å². The second-order valence-corrected chi connectivity index (χ2v) is 7.10. The summed E-state index contributed by atoms with van der Waals surface area (Å²) >= 11 is 0. The molecular weight excluding hydrogens is 300 g/mol. The first-order valence-corrected chi connectivity index (χ1v) is 9.07. The number of nitrogens with zero attached hydrogens (tertiary/aromatic N) is 4. The van der Waals surface area contributed by atoms with Crippen molar-refractivity contribution < 1.29 is 4.74 Å². The van der Waals surface area contributed by atoms with Gasteiger partial charge in [0.1, 0.15) is 0 Å². The van der Waals surface area contributed by atoms with Crippen molar-refractivity contribution in [3.8, 4) is 0 Å². The Bertz CT molecular complexity index is 665. The van der Waals surface area contributed by atoms with E-state index >= 15 is 0 Å². The Labute approximate surface area is 143 Å². The molecule has 1 aliphatic carbocycles. The zero-order valence-corrected chi connectivity index (χ0v) is 14.4. The number of rotatable bonds is 7. The van der Waals surface area contributed by atoms with Crippen LogP contribution in [0.15, 0.2) is 30.7 Å². The van der Waals surface area contributed by atoms with E-state index in [1.165, 1.54) is 29.7 Å². The summed E-state index contributed by atoms with van der Waals surface area (Å²) in [7, 11) is 0. The third kappa shape index (κ3) is 3.68. The highest BCUT2D eigenvalue weighted by Gasteiger charge is 2.29. The Morgan fingerprint density at radius 1 is 1.29 bits per heavy atom. The molecule has 128 valence electrons. The van der Waals surface area contributed by atoms with Gasteiger partial charge in [0, 0.05) is 62.9 Å². The van der Waals surface area contributed by atoms with Gasteiger partial charge in [0.2, 0.25) is 0 Å². The highest BCUT2D eigenvalue weighted by atomic mass is 16.5. The fraction of sp³-hybridized carbons (Fsp3) is 0.579. The number of hydrogen-bond acceptors (Lipinski definition) is 4. The molecule has 2 aromatic heterocycles. The predicted molar refractivity (Wildman–Crippen MR) is 92.5 cm³/mol. The first-order chi connectivity index (χ1) is 11.8. The second-order valence-electron chi connectivity index (χ2n) is 7.10. The molecule has 0 N–H and O–H groups in total.